The molecule has 0 radical (unpaired) electrons. The molecule has 1 atom stereocenters. The van der Waals surface area contributed by atoms with Crippen molar-refractivity contribution in [3.05, 3.63) is 0 Å². The molecule has 4 nitrogen and oxygen atoms in total. The smallest absolute Gasteiger partial charge is 0.132 e. The summed E-state index contributed by atoms with van der Waals surface area (Å²) in [7, 11) is 1.83. The minimum atomic E-state index is -0.498. The molecule has 0 heterocycles. The summed E-state index contributed by atoms with van der Waals surface area (Å²) < 4.78 is 11.1. The Morgan fingerprint density at radius 3 is 2.35 bits per heavy atom. The SMILES string of the molecule is CNC(C#N)(COCCOC(C)(C)C)C1CC1. The zero-order chi connectivity index (χ0) is 12.9. The first kappa shape index (κ1) is 14.4. The molecule has 1 aliphatic carbocycles. The average molecular weight is 240 g/mol. The molecule has 1 unspecified atom stereocenters. The highest BCUT2D eigenvalue weighted by molar-refractivity contribution is 5.14. The van der Waals surface area contributed by atoms with E-state index in [1.807, 2.05) is 27.8 Å². The van der Waals surface area contributed by atoms with Crippen LogP contribution in [0.5, 0.6) is 0 Å². The first-order chi connectivity index (χ1) is 7.93. The summed E-state index contributed by atoms with van der Waals surface area (Å²) >= 11 is 0. The van der Waals surface area contributed by atoms with Gasteiger partial charge in [0.2, 0.25) is 0 Å². The fraction of sp³-hybridized carbons (Fsp3) is 0.923. The van der Waals surface area contributed by atoms with E-state index in [-0.39, 0.29) is 5.60 Å². The summed E-state index contributed by atoms with van der Waals surface area (Å²) in [5.74, 6) is 0.445. The molecule has 17 heavy (non-hydrogen) atoms. The van der Waals surface area contributed by atoms with Gasteiger partial charge in [-0.2, -0.15) is 5.26 Å². The van der Waals surface area contributed by atoms with Crippen LogP contribution in [0, 0.1) is 17.2 Å². The van der Waals surface area contributed by atoms with Gasteiger partial charge in [0.15, 0.2) is 0 Å². The van der Waals surface area contributed by atoms with Crippen molar-refractivity contribution in [2.24, 2.45) is 5.92 Å². The first-order valence-electron chi connectivity index (χ1n) is 6.25. The highest BCUT2D eigenvalue weighted by atomic mass is 16.5. The number of nitrogens with zero attached hydrogens (tertiary/aromatic N) is 1. The van der Waals surface area contributed by atoms with Gasteiger partial charge >= 0.3 is 0 Å². The first-order valence-corrected chi connectivity index (χ1v) is 6.25. The van der Waals surface area contributed by atoms with E-state index in [0.29, 0.717) is 25.7 Å². The van der Waals surface area contributed by atoms with Crippen LogP contribution in [0.25, 0.3) is 0 Å². The van der Waals surface area contributed by atoms with E-state index in [2.05, 4.69) is 11.4 Å². The number of ether oxygens (including phenoxy) is 2. The Balaban J connectivity index is 2.22. The third-order valence-electron chi connectivity index (χ3n) is 3.01. The lowest BCUT2D eigenvalue weighted by atomic mass is 9.97. The maximum absolute atomic E-state index is 9.25. The summed E-state index contributed by atoms with van der Waals surface area (Å²) in [6, 6.07) is 2.36. The highest BCUT2D eigenvalue weighted by Gasteiger charge is 2.44. The average Bonchev–Trinajstić information content (AvgIpc) is 3.07. The lowest BCUT2D eigenvalue weighted by molar-refractivity contribution is -0.0410. The van der Waals surface area contributed by atoms with Crippen molar-refractivity contribution >= 4 is 0 Å². The van der Waals surface area contributed by atoms with E-state index in [1.54, 1.807) is 0 Å². The van der Waals surface area contributed by atoms with Crippen LogP contribution >= 0.6 is 0 Å². The Kier molecular flexibility index (Phi) is 4.93. The minimum Gasteiger partial charge on any atom is -0.376 e. The molecule has 1 rings (SSSR count). The number of nitrogens with one attached hydrogen (secondary N) is 1. The van der Waals surface area contributed by atoms with Crippen molar-refractivity contribution < 1.29 is 9.47 Å². The standard InChI is InChI=1S/C13H24N2O2/c1-12(2,3)17-8-7-16-10-13(9-14,15-4)11-5-6-11/h11,15H,5-8,10H2,1-4H3. The van der Waals surface area contributed by atoms with Gasteiger partial charge in [-0.05, 0) is 46.6 Å². The highest BCUT2D eigenvalue weighted by Crippen LogP contribution is 2.39. The number of hydrogen-bond acceptors (Lipinski definition) is 4. The largest absolute Gasteiger partial charge is 0.376 e. The molecule has 98 valence electrons. The lowest BCUT2D eigenvalue weighted by Crippen LogP contribution is -2.48. The van der Waals surface area contributed by atoms with Crippen molar-refractivity contribution in [1.82, 2.24) is 5.32 Å². The van der Waals surface area contributed by atoms with E-state index in [1.165, 1.54) is 0 Å². The Labute approximate surface area is 104 Å². The van der Waals surface area contributed by atoms with Gasteiger partial charge in [0.25, 0.3) is 0 Å². The fourth-order valence-electron chi connectivity index (χ4n) is 1.79. The van der Waals surface area contributed by atoms with Crippen molar-refractivity contribution in [1.29, 1.82) is 5.26 Å². The third kappa shape index (κ3) is 4.63. The molecule has 1 aliphatic rings. The summed E-state index contributed by atoms with van der Waals surface area (Å²) in [6.45, 7) is 7.60. The summed E-state index contributed by atoms with van der Waals surface area (Å²) in [6.07, 6.45) is 2.24. The molecule has 1 saturated carbocycles. The Morgan fingerprint density at radius 1 is 1.29 bits per heavy atom. The third-order valence-corrected chi connectivity index (χ3v) is 3.01. The molecule has 0 aliphatic heterocycles. The van der Waals surface area contributed by atoms with Gasteiger partial charge in [-0.1, -0.05) is 0 Å². The molecule has 0 aromatic rings. The molecule has 0 spiro atoms. The maximum atomic E-state index is 9.25. The molecular formula is C13H24N2O2. The van der Waals surface area contributed by atoms with Crippen molar-refractivity contribution in [3.8, 4) is 6.07 Å². The van der Waals surface area contributed by atoms with Crippen LogP contribution in [0.3, 0.4) is 0 Å². The van der Waals surface area contributed by atoms with Crippen LogP contribution in [0.1, 0.15) is 33.6 Å². The summed E-state index contributed by atoms with van der Waals surface area (Å²) in [5.41, 5.74) is -0.628. The van der Waals surface area contributed by atoms with E-state index in [4.69, 9.17) is 9.47 Å². The minimum absolute atomic E-state index is 0.130. The Hall–Kier alpha value is -0.630. The molecule has 1 fully saturated rings. The molecule has 0 aromatic heterocycles. The van der Waals surface area contributed by atoms with Crippen LogP contribution in [0.2, 0.25) is 0 Å². The number of nitriles is 1. The monoisotopic (exact) mass is 240 g/mol. The molecular weight excluding hydrogens is 216 g/mol. The molecule has 4 heteroatoms. The van der Waals surface area contributed by atoms with Crippen LogP contribution in [-0.4, -0.2) is 38.0 Å². The molecule has 0 saturated heterocycles. The molecule has 0 bridgehead atoms. The second kappa shape index (κ2) is 5.81. The Bertz CT molecular complexity index is 276. The fourth-order valence-corrected chi connectivity index (χ4v) is 1.79. The zero-order valence-corrected chi connectivity index (χ0v) is 11.4. The van der Waals surface area contributed by atoms with Crippen molar-refractivity contribution in [3.63, 3.8) is 0 Å². The van der Waals surface area contributed by atoms with Gasteiger partial charge in [0, 0.05) is 0 Å². The van der Waals surface area contributed by atoms with Gasteiger partial charge in [0.1, 0.15) is 5.54 Å². The predicted molar refractivity (Wildman–Crippen MR) is 66.7 cm³/mol. The van der Waals surface area contributed by atoms with E-state index >= 15 is 0 Å². The summed E-state index contributed by atoms with van der Waals surface area (Å²) in [5, 5.41) is 12.4. The Morgan fingerprint density at radius 2 is 1.94 bits per heavy atom. The van der Waals surface area contributed by atoms with Crippen LogP contribution in [0.15, 0.2) is 0 Å². The van der Waals surface area contributed by atoms with Crippen LogP contribution < -0.4 is 5.32 Å². The molecule has 1 N–H and O–H groups in total. The normalized spacial score (nSPS) is 19.7. The maximum Gasteiger partial charge on any atom is 0.132 e. The van der Waals surface area contributed by atoms with Gasteiger partial charge < -0.3 is 14.8 Å². The number of likely N-dealkylation sites (N-methyl/N-ethyl adjacent to an activating group) is 1. The lowest BCUT2D eigenvalue weighted by Gasteiger charge is -2.26. The van der Waals surface area contributed by atoms with E-state index in [9.17, 15) is 5.26 Å². The molecule has 0 amide bonds. The van der Waals surface area contributed by atoms with Crippen LogP contribution in [0.4, 0.5) is 0 Å². The van der Waals surface area contributed by atoms with Gasteiger partial charge in [-0.15, -0.1) is 0 Å². The molecule has 0 aromatic carbocycles. The van der Waals surface area contributed by atoms with Gasteiger partial charge in [-0.25, -0.2) is 0 Å². The topological polar surface area (TPSA) is 54.3 Å². The van der Waals surface area contributed by atoms with E-state index < -0.39 is 5.54 Å². The second-order valence-corrected chi connectivity index (χ2v) is 5.62. The quantitative estimate of drug-likeness (QED) is 0.688. The van der Waals surface area contributed by atoms with Crippen LogP contribution in [-0.2, 0) is 9.47 Å². The zero-order valence-electron chi connectivity index (χ0n) is 11.4. The number of rotatable bonds is 7. The van der Waals surface area contributed by atoms with Crippen molar-refractivity contribution in [2.45, 2.75) is 44.8 Å². The predicted octanol–water partition coefficient (Wildman–Crippen LogP) is 1.71. The second-order valence-electron chi connectivity index (χ2n) is 5.62. The summed E-state index contributed by atoms with van der Waals surface area (Å²) in [4.78, 5) is 0. The van der Waals surface area contributed by atoms with Gasteiger partial charge in [-0.3, -0.25) is 0 Å². The van der Waals surface area contributed by atoms with Crippen molar-refractivity contribution in [2.75, 3.05) is 26.9 Å². The van der Waals surface area contributed by atoms with Gasteiger partial charge in [0.05, 0.1) is 31.5 Å². The van der Waals surface area contributed by atoms with E-state index in [0.717, 1.165) is 12.8 Å². The number of hydrogen-bond donors (Lipinski definition) is 1.